The molecule has 0 bridgehead atoms. The molecular weight excluding hydrogens is 440 g/mol. The van der Waals surface area contributed by atoms with Crippen LogP contribution in [0.25, 0.3) is 0 Å². The number of hydrogen-bond acceptors (Lipinski definition) is 6. The molecule has 0 saturated heterocycles. The quantitative estimate of drug-likeness (QED) is 0.513. The van der Waals surface area contributed by atoms with Gasteiger partial charge in [0, 0.05) is 17.6 Å². The highest BCUT2D eigenvalue weighted by Crippen LogP contribution is 2.36. The number of anilines is 1. The number of ether oxygens (including phenoxy) is 1. The zero-order valence-electron chi connectivity index (χ0n) is 18.3. The SMILES string of the molecule is CCOC(=O)C1=NN(c2ccc(Cl)cc2)[C@H](c2ccccc2)N(C(=O)c2ccccc2)N1C. The van der Waals surface area contributed by atoms with Gasteiger partial charge in [-0.15, -0.1) is 5.10 Å². The molecule has 0 spiro atoms. The molecule has 33 heavy (non-hydrogen) atoms. The van der Waals surface area contributed by atoms with Crippen LogP contribution in [-0.4, -0.2) is 41.4 Å². The summed E-state index contributed by atoms with van der Waals surface area (Å²) >= 11 is 6.11. The third-order valence-corrected chi connectivity index (χ3v) is 5.42. The van der Waals surface area contributed by atoms with Crippen molar-refractivity contribution in [3.05, 3.63) is 101 Å². The number of rotatable bonds is 5. The van der Waals surface area contributed by atoms with E-state index < -0.39 is 12.1 Å². The van der Waals surface area contributed by atoms with Crippen LogP contribution in [0.3, 0.4) is 0 Å². The van der Waals surface area contributed by atoms with Crippen LogP contribution in [0.1, 0.15) is 29.0 Å². The highest BCUT2D eigenvalue weighted by molar-refractivity contribution is 6.35. The fourth-order valence-electron chi connectivity index (χ4n) is 3.62. The first kappa shape index (κ1) is 22.4. The molecule has 0 radical (unpaired) electrons. The lowest BCUT2D eigenvalue weighted by molar-refractivity contribution is -0.137. The second kappa shape index (κ2) is 9.75. The van der Waals surface area contributed by atoms with Crippen LogP contribution in [0.4, 0.5) is 5.69 Å². The maximum atomic E-state index is 13.8. The molecule has 0 N–H and O–H groups in total. The Morgan fingerprint density at radius 1 is 0.939 bits per heavy atom. The van der Waals surface area contributed by atoms with Crippen molar-refractivity contribution in [2.24, 2.45) is 5.10 Å². The number of halogens is 1. The van der Waals surface area contributed by atoms with Gasteiger partial charge >= 0.3 is 5.97 Å². The largest absolute Gasteiger partial charge is 0.460 e. The van der Waals surface area contributed by atoms with Gasteiger partial charge in [0.2, 0.25) is 0 Å². The Hall–Kier alpha value is -3.84. The molecule has 3 aromatic rings. The number of hydrogen-bond donors (Lipinski definition) is 0. The molecule has 1 amide bonds. The molecule has 0 saturated carbocycles. The molecule has 0 fully saturated rings. The van der Waals surface area contributed by atoms with Crippen molar-refractivity contribution in [2.75, 3.05) is 18.7 Å². The monoisotopic (exact) mass is 462 g/mol. The van der Waals surface area contributed by atoms with Gasteiger partial charge in [0.25, 0.3) is 11.7 Å². The second-order valence-corrected chi connectivity index (χ2v) is 7.73. The Labute approximate surface area is 197 Å². The molecule has 0 aromatic heterocycles. The third kappa shape index (κ3) is 4.54. The molecule has 8 heteroatoms. The fourth-order valence-corrected chi connectivity index (χ4v) is 3.75. The van der Waals surface area contributed by atoms with Gasteiger partial charge in [-0.2, -0.15) is 0 Å². The number of likely N-dealkylation sites (N-methyl/N-ethyl adjacent to an activating group) is 1. The predicted molar refractivity (Wildman–Crippen MR) is 128 cm³/mol. The number of esters is 1. The standard InChI is InChI=1S/C25H23ClN4O3/c1-3-33-25(32)22-27-29(21-16-14-20(26)15-17-21)23(18-10-6-4-7-11-18)30(28(22)2)24(31)19-12-8-5-9-13-19/h4-17,23H,3H2,1-2H3/t23-/m0/s1. The third-order valence-electron chi connectivity index (χ3n) is 5.17. The van der Waals surface area contributed by atoms with Crippen LogP contribution in [0.2, 0.25) is 5.02 Å². The van der Waals surface area contributed by atoms with Crippen molar-refractivity contribution >= 4 is 35.0 Å². The molecule has 1 atom stereocenters. The van der Waals surface area contributed by atoms with Crippen LogP contribution >= 0.6 is 11.6 Å². The van der Waals surface area contributed by atoms with E-state index in [0.717, 1.165) is 5.56 Å². The number of hydrazone groups is 1. The second-order valence-electron chi connectivity index (χ2n) is 7.29. The summed E-state index contributed by atoms with van der Waals surface area (Å²) in [7, 11) is 1.63. The lowest BCUT2D eigenvalue weighted by atomic mass is 10.1. The number of amidine groups is 1. The van der Waals surface area contributed by atoms with E-state index in [1.165, 1.54) is 10.0 Å². The highest BCUT2D eigenvalue weighted by Gasteiger charge is 2.42. The van der Waals surface area contributed by atoms with Crippen molar-refractivity contribution in [2.45, 2.75) is 13.1 Å². The van der Waals surface area contributed by atoms with Gasteiger partial charge in [-0.05, 0) is 48.9 Å². The van der Waals surface area contributed by atoms with Crippen LogP contribution in [0, 0.1) is 0 Å². The summed E-state index contributed by atoms with van der Waals surface area (Å²) in [6.45, 7) is 1.90. The zero-order valence-corrected chi connectivity index (χ0v) is 19.0. The Bertz CT molecular complexity index is 1150. The predicted octanol–water partition coefficient (Wildman–Crippen LogP) is 4.72. The number of amides is 1. The van der Waals surface area contributed by atoms with Crippen LogP contribution < -0.4 is 5.01 Å². The van der Waals surface area contributed by atoms with E-state index in [2.05, 4.69) is 5.10 Å². The summed E-state index contributed by atoms with van der Waals surface area (Å²) in [5.41, 5.74) is 1.95. The molecule has 1 heterocycles. The Morgan fingerprint density at radius 2 is 1.55 bits per heavy atom. The summed E-state index contributed by atoms with van der Waals surface area (Å²) < 4.78 is 5.23. The molecular formula is C25H23ClN4O3. The Balaban J connectivity index is 1.91. The summed E-state index contributed by atoms with van der Waals surface area (Å²) in [6, 6.07) is 25.5. The van der Waals surface area contributed by atoms with Gasteiger partial charge in [0.1, 0.15) is 0 Å². The van der Waals surface area contributed by atoms with Crippen molar-refractivity contribution in [3.8, 4) is 0 Å². The summed E-state index contributed by atoms with van der Waals surface area (Å²) in [5, 5.41) is 9.80. The number of hydrazine groups is 1. The smallest absolute Gasteiger partial charge is 0.377 e. The molecule has 168 valence electrons. The van der Waals surface area contributed by atoms with Crippen LogP contribution in [0.5, 0.6) is 0 Å². The average molecular weight is 463 g/mol. The van der Waals surface area contributed by atoms with Crippen LogP contribution in [-0.2, 0) is 9.53 Å². The van der Waals surface area contributed by atoms with Gasteiger partial charge in [-0.1, -0.05) is 60.1 Å². The summed E-state index contributed by atoms with van der Waals surface area (Å²) in [5.74, 6) is -0.929. The number of nitrogens with zero attached hydrogens (tertiary/aromatic N) is 4. The van der Waals surface area contributed by atoms with Gasteiger partial charge in [-0.3, -0.25) is 9.80 Å². The molecule has 4 rings (SSSR count). The minimum atomic E-state index is -0.664. The zero-order chi connectivity index (χ0) is 23.4. The normalized spacial score (nSPS) is 15.8. The average Bonchev–Trinajstić information content (AvgIpc) is 2.85. The molecule has 3 aromatic carbocycles. The van der Waals surface area contributed by atoms with Gasteiger partial charge in [0.05, 0.1) is 12.3 Å². The molecule has 1 aliphatic heterocycles. The first-order valence-electron chi connectivity index (χ1n) is 10.5. The first-order valence-corrected chi connectivity index (χ1v) is 10.9. The lowest BCUT2D eigenvalue weighted by Gasteiger charge is -2.46. The van der Waals surface area contributed by atoms with E-state index in [4.69, 9.17) is 16.3 Å². The maximum absolute atomic E-state index is 13.8. The van der Waals surface area contributed by atoms with Crippen molar-refractivity contribution < 1.29 is 14.3 Å². The minimum absolute atomic E-state index is 0.0109. The summed E-state index contributed by atoms with van der Waals surface area (Å²) in [6.07, 6.45) is -0.664. The van der Waals surface area contributed by atoms with Crippen molar-refractivity contribution in [1.29, 1.82) is 0 Å². The van der Waals surface area contributed by atoms with E-state index in [0.29, 0.717) is 16.3 Å². The Morgan fingerprint density at radius 3 is 2.15 bits per heavy atom. The number of benzene rings is 3. The maximum Gasteiger partial charge on any atom is 0.377 e. The van der Waals surface area contributed by atoms with E-state index in [-0.39, 0.29) is 18.3 Å². The summed E-state index contributed by atoms with van der Waals surface area (Å²) in [4.78, 5) is 26.6. The topological polar surface area (TPSA) is 65.5 Å². The molecule has 0 aliphatic carbocycles. The van der Waals surface area contributed by atoms with Crippen LogP contribution in [0.15, 0.2) is 90.0 Å². The molecule has 0 unspecified atom stereocenters. The minimum Gasteiger partial charge on any atom is -0.460 e. The Kier molecular flexibility index (Phi) is 6.60. The highest BCUT2D eigenvalue weighted by atomic mass is 35.5. The number of carbonyl (C=O) groups excluding carboxylic acids is 2. The van der Waals surface area contributed by atoms with Crippen molar-refractivity contribution in [1.82, 2.24) is 10.0 Å². The molecule has 1 aliphatic rings. The fraction of sp³-hybridized carbons (Fsp3) is 0.160. The van der Waals surface area contributed by atoms with Gasteiger partial charge in [-0.25, -0.2) is 14.8 Å². The van der Waals surface area contributed by atoms with E-state index in [1.807, 2.05) is 36.4 Å². The lowest BCUT2D eigenvalue weighted by Crippen LogP contribution is -2.59. The molecule has 7 nitrogen and oxygen atoms in total. The van der Waals surface area contributed by atoms with Gasteiger partial charge < -0.3 is 4.74 Å². The van der Waals surface area contributed by atoms with Gasteiger partial charge in [0.15, 0.2) is 6.17 Å². The van der Waals surface area contributed by atoms with Crippen molar-refractivity contribution in [3.63, 3.8) is 0 Å². The number of carbonyl (C=O) groups is 2. The van der Waals surface area contributed by atoms with E-state index in [1.54, 1.807) is 67.5 Å². The van der Waals surface area contributed by atoms with E-state index >= 15 is 0 Å². The van der Waals surface area contributed by atoms with E-state index in [9.17, 15) is 9.59 Å². The first-order chi connectivity index (χ1) is 16.0.